The smallest absolute Gasteiger partial charge is 0.306 e. The van der Waals surface area contributed by atoms with Crippen LogP contribution in [0.5, 0.6) is 0 Å². The summed E-state index contributed by atoms with van der Waals surface area (Å²) in [5.74, 6) is -0.845. The molecule has 1 rings (SSSR count). The molecule has 0 saturated heterocycles. The molecule has 7 nitrogen and oxygen atoms in total. The Kier molecular flexibility index (Phi) is 13.2. The van der Waals surface area contributed by atoms with Crippen LogP contribution >= 0.6 is 0 Å². The molecule has 30 heavy (non-hydrogen) atoms. The molecule has 7 heteroatoms. The van der Waals surface area contributed by atoms with Crippen LogP contribution in [0, 0.1) is 0 Å². The summed E-state index contributed by atoms with van der Waals surface area (Å²) < 4.78 is 5.29. The van der Waals surface area contributed by atoms with Gasteiger partial charge in [-0.25, -0.2) is 0 Å². The first-order valence-corrected chi connectivity index (χ1v) is 11.0. The van der Waals surface area contributed by atoms with Crippen LogP contribution < -0.4 is 16.4 Å². The number of amides is 2. The Morgan fingerprint density at radius 1 is 1.03 bits per heavy atom. The minimum Gasteiger partial charge on any atom is -0.461 e. The third-order valence-corrected chi connectivity index (χ3v) is 4.77. The Morgan fingerprint density at radius 2 is 1.77 bits per heavy atom. The van der Waals surface area contributed by atoms with Gasteiger partial charge >= 0.3 is 5.97 Å². The Balaban J connectivity index is 2.48. The number of carbonyl (C=O) groups excluding carboxylic acids is 3. The number of primary amides is 1. The van der Waals surface area contributed by atoms with Crippen molar-refractivity contribution in [2.45, 2.75) is 83.9 Å². The van der Waals surface area contributed by atoms with Crippen molar-refractivity contribution >= 4 is 17.8 Å². The molecule has 168 valence electrons. The summed E-state index contributed by atoms with van der Waals surface area (Å²) in [6, 6.07) is 8.86. The molecule has 4 N–H and O–H groups in total. The van der Waals surface area contributed by atoms with E-state index in [0.29, 0.717) is 19.4 Å². The van der Waals surface area contributed by atoms with Gasteiger partial charge in [0, 0.05) is 18.9 Å². The van der Waals surface area contributed by atoms with Gasteiger partial charge in [0.2, 0.25) is 11.8 Å². The van der Waals surface area contributed by atoms with Gasteiger partial charge in [0.1, 0.15) is 6.61 Å². The van der Waals surface area contributed by atoms with Crippen LogP contribution in [0.4, 0.5) is 0 Å². The van der Waals surface area contributed by atoms with Crippen molar-refractivity contribution in [3.05, 3.63) is 35.9 Å². The van der Waals surface area contributed by atoms with Gasteiger partial charge < -0.3 is 21.1 Å². The van der Waals surface area contributed by atoms with Crippen molar-refractivity contribution in [2.75, 3.05) is 6.54 Å². The van der Waals surface area contributed by atoms with Crippen molar-refractivity contribution in [1.29, 1.82) is 0 Å². The number of ether oxygens (including phenoxy) is 1. The van der Waals surface area contributed by atoms with Crippen molar-refractivity contribution < 1.29 is 19.1 Å². The van der Waals surface area contributed by atoms with Gasteiger partial charge in [-0.3, -0.25) is 14.4 Å². The lowest BCUT2D eigenvalue weighted by atomic mass is 10.0. The maximum absolute atomic E-state index is 12.7. The van der Waals surface area contributed by atoms with Crippen LogP contribution in [-0.4, -0.2) is 36.4 Å². The number of hydrogen-bond acceptors (Lipinski definition) is 5. The van der Waals surface area contributed by atoms with Crippen LogP contribution in [0.3, 0.4) is 0 Å². The summed E-state index contributed by atoms with van der Waals surface area (Å²) >= 11 is 0. The molecule has 0 aliphatic rings. The number of esters is 1. The first-order chi connectivity index (χ1) is 14.5. The summed E-state index contributed by atoms with van der Waals surface area (Å²) in [5, 5.41) is 6.19. The average molecular weight is 420 g/mol. The molecule has 0 aliphatic carbocycles. The second kappa shape index (κ2) is 15.4. The van der Waals surface area contributed by atoms with E-state index in [9.17, 15) is 14.4 Å². The first-order valence-electron chi connectivity index (χ1n) is 11.0. The molecule has 0 unspecified atom stereocenters. The van der Waals surface area contributed by atoms with Crippen LogP contribution in [0.25, 0.3) is 0 Å². The highest BCUT2D eigenvalue weighted by Crippen LogP contribution is 2.09. The number of benzene rings is 1. The van der Waals surface area contributed by atoms with Gasteiger partial charge in [-0.15, -0.1) is 0 Å². The SMILES string of the molecule is CCCC[C@@H](CC(N)=O)NC(=O)[C@H](CCCC(=O)OCc1ccccc1)NCCC. The summed E-state index contributed by atoms with van der Waals surface area (Å²) in [4.78, 5) is 36.1. The first kappa shape index (κ1) is 25.6. The van der Waals surface area contributed by atoms with Crippen LogP contribution in [0.15, 0.2) is 30.3 Å². The van der Waals surface area contributed by atoms with E-state index >= 15 is 0 Å². The lowest BCUT2D eigenvalue weighted by Crippen LogP contribution is -2.49. The fourth-order valence-corrected chi connectivity index (χ4v) is 3.13. The number of rotatable bonds is 16. The second-order valence-electron chi connectivity index (χ2n) is 7.56. The molecule has 1 aromatic rings. The Labute approximate surface area is 180 Å². The van der Waals surface area contributed by atoms with E-state index in [1.54, 1.807) is 0 Å². The third-order valence-electron chi connectivity index (χ3n) is 4.77. The standard InChI is InChI=1S/C23H37N3O4/c1-3-5-12-19(16-21(24)27)26-23(29)20(25-15-4-2)13-9-14-22(28)30-17-18-10-7-6-8-11-18/h6-8,10-11,19-20,25H,3-5,9,12-17H2,1-2H3,(H2,24,27)(H,26,29)/t19-,20-/m0/s1. The van der Waals surface area contributed by atoms with Gasteiger partial charge in [-0.2, -0.15) is 0 Å². The Bertz CT molecular complexity index is 637. The Hall–Kier alpha value is -2.41. The van der Waals surface area contributed by atoms with Crippen LogP contribution in [0.2, 0.25) is 0 Å². The van der Waals surface area contributed by atoms with Crippen molar-refractivity contribution in [3.63, 3.8) is 0 Å². The number of unbranched alkanes of at least 4 members (excludes halogenated alkanes) is 1. The minimum absolute atomic E-state index is 0.137. The Morgan fingerprint density at radius 3 is 2.40 bits per heavy atom. The highest BCUT2D eigenvalue weighted by Gasteiger charge is 2.22. The topological polar surface area (TPSA) is 111 Å². The molecule has 0 aliphatic heterocycles. The van der Waals surface area contributed by atoms with E-state index < -0.39 is 11.9 Å². The lowest BCUT2D eigenvalue weighted by Gasteiger charge is -2.23. The zero-order chi connectivity index (χ0) is 22.2. The van der Waals surface area contributed by atoms with Gasteiger partial charge in [-0.05, 0) is 37.8 Å². The maximum Gasteiger partial charge on any atom is 0.306 e. The number of hydrogen-bond donors (Lipinski definition) is 3. The van der Waals surface area contributed by atoms with Crippen molar-refractivity contribution in [1.82, 2.24) is 10.6 Å². The van der Waals surface area contributed by atoms with E-state index in [1.165, 1.54) is 0 Å². The predicted molar refractivity (Wildman–Crippen MR) is 117 cm³/mol. The number of carbonyl (C=O) groups is 3. The summed E-state index contributed by atoms with van der Waals surface area (Å²) in [6.07, 6.45) is 4.96. The van der Waals surface area contributed by atoms with E-state index in [1.807, 2.05) is 37.3 Å². The van der Waals surface area contributed by atoms with Crippen LogP contribution in [-0.2, 0) is 25.7 Å². The zero-order valence-corrected chi connectivity index (χ0v) is 18.3. The summed E-state index contributed by atoms with van der Waals surface area (Å²) in [7, 11) is 0. The number of nitrogens with two attached hydrogens (primary N) is 1. The normalized spacial score (nSPS) is 12.7. The van der Waals surface area contributed by atoms with Crippen molar-refractivity contribution in [3.8, 4) is 0 Å². The molecule has 0 fully saturated rings. The third kappa shape index (κ3) is 11.6. The highest BCUT2D eigenvalue weighted by atomic mass is 16.5. The average Bonchev–Trinajstić information content (AvgIpc) is 2.73. The van der Waals surface area contributed by atoms with Gasteiger partial charge in [-0.1, -0.05) is 57.0 Å². The number of nitrogens with one attached hydrogen (secondary N) is 2. The molecular formula is C23H37N3O4. The molecule has 0 bridgehead atoms. The monoisotopic (exact) mass is 419 g/mol. The fraction of sp³-hybridized carbons (Fsp3) is 0.609. The van der Waals surface area contributed by atoms with E-state index in [0.717, 1.165) is 31.2 Å². The summed E-state index contributed by atoms with van der Waals surface area (Å²) in [5.41, 5.74) is 6.27. The summed E-state index contributed by atoms with van der Waals surface area (Å²) in [6.45, 7) is 5.04. The molecule has 0 heterocycles. The van der Waals surface area contributed by atoms with Gasteiger partial charge in [0.05, 0.1) is 6.04 Å². The molecule has 0 spiro atoms. The van der Waals surface area contributed by atoms with E-state index in [-0.39, 0.29) is 37.4 Å². The second-order valence-corrected chi connectivity index (χ2v) is 7.56. The molecule has 2 amide bonds. The van der Waals surface area contributed by atoms with E-state index in [2.05, 4.69) is 17.6 Å². The molecule has 1 aromatic carbocycles. The molecular weight excluding hydrogens is 382 g/mol. The van der Waals surface area contributed by atoms with Gasteiger partial charge in [0.15, 0.2) is 0 Å². The lowest BCUT2D eigenvalue weighted by molar-refractivity contribution is -0.145. The molecule has 2 atom stereocenters. The van der Waals surface area contributed by atoms with E-state index in [4.69, 9.17) is 10.5 Å². The van der Waals surface area contributed by atoms with Crippen molar-refractivity contribution in [2.24, 2.45) is 5.73 Å². The zero-order valence-electron chi connectivity index (χ0n) is 18.3. The van der Waals surface area contributed by atoms with Crippen LogP contribution in [0.1, 0.15) is 70.8 Å². The maximum atomic E-state index is 12.7. The largest absolute Gasteiger partial charge is 0.461 e. The minimum atomic E-state index is -0.421. The quantitative estimate of drug-likeness (QED) is 0.357. The predicted octanol–water partition coefficient (Wildman–Crippen LogP) is 2.82. The molecule has 0 radical (unpaired) electrons. The van der Waals surface area contributed by atoms with Gasteiger partial charge in [0.25, 0.3) is 0 Å². The molecule has 0 aromatic heterocycles. The fourth-order valence-electron chi connectivity index (χ4n) is 3.13. The highest BCUT2D eigenvalue weighted by molar-refractivity contribution is 5.83. The molecule has 0 saturated carbocycles.